The van der Waals surface area contributed by atoms with Crippen LogP contribution in [0.4, 0.5) is 14.9 Å². The second kappa shape index (κ2) is 7.58. The summed E-state index contributed by atoms with van der Waals surface area (Å²) in [6, 6.07) is 2.44. The number of carboxylic acid groups (broad SMARTS) is 1. The SMILES string of the molecule is CC(C)(CCC(=O)O)NC(=O)Nc1ccc(F)c(S(=O)(=O)NC2CC2)c1. The topological polar surface area (TPSA) is 125 Å². The van der Waals surface area contributed by atoms with Gasteiger partial charge in [0.1, 0.15) is 10.7 Å². The van der Waals surface area contributed by atoms with Crippen LogP contribution in [-0.2, 0) is 14.8 Å². The molecule has 0 aliphatic heterocycles. The van der Waals surface area contributed by atoms with E-state index in [1.807, 2.05) is 0 Å². The molecule has 0 saturated heterocycles. The van der Waals surface area contributed by atoms with Gasteiger partial charge in [0, 0.05) is 23.7 Å². The largest absolute Gasteiger partial charge is 0.481 e. The van der Waals surface area contributed by atoms with Crippen molar-refractivity contribution in [1.29, 1.82) is 0 Å². The zero-order chi connectivity index (χ0) is 19.5. The van der Waals surface area contributed by atoms with E-state index in [4.69, 9.17) is 5.11 Å². The Labute approximate surface area is 151 Å². The molecule has 4 N–H and O–H groups in total. The molecule has 2 amide bonds. The molecule has 10 heteroatoms. The first-order valence-corrected chi connectivity index (χ1v) is 9.60. The Hall–Kier alpha value is -2.20. The van der Waals surface area contributed by atoms with Gasteiger partial charge < -0.3 is 15.7 Å². The van der Waals surface area contributed by atoms with Gasteiger partial charge in [-0.3, -0.25) is 4.79 Å². The lowest BCUT2D eigenvalue weighted by atomic mass is 9.99. The van der Waals surface area contributed by atoms with Crippen molar-refractivity contribution in [1.82, 2.24) is 10.0 Å². The normalized spacial score (nSPS) is 14.7. The van der Waals surface area contributed by atoms with Crippen molar-refractivity contribution in [2.75, 3.05) is 5.32 Å². The van der Waals surface area contributed by atoms with Gasteiger partial charge in [0.2, 0.25) is 10.0 Å². The van der Waals surface area contributed by atoms with Gasteiger partial charge in [0.25, 0.3) is 0 Å². The first-order chi connectivity index (χ1) is 12.0. The van der Waals surface area contributed by atoms with Crippen LogP contribution < -0.4 is 15.4 Å². The lowest BCUT2D eigenvalue weighted by Crippen LogP contribution is -2.45. The number of carbonyl (C=O) groups is 2. The molecule has 2 rings (SSSR count). The first kappa shape index (κ1) is 20.1. The van der Waals surface area contributed by atoms with Crippen LogP contribution in [-0.4, -0.2) is 37.1 Å². The van der Waals surface area contributed by atoms with E-state index in [1.165, 1.54) is 6.07 Å². The molecule has 1 aliphatic carbocycles. The molecule has 144 valence electrons. The van der Waals surface area contributed by atoms with Gasteiger partial charge in [0.15, 0.2) is 0 Å². The van der Waals surface area contributed by atoms with Crippen LogP contribution in [0.25, 0.3) is 0 Å². The Bertz CT molecular complexity index is 806. The molecular formula is C16H22FN3O5S. The van der Waals surface area contributed by atoms with Crippen LogP contribution in [0.15, 0.2) is 23.1 Å². The summed E-state index contributed by atoms with van der Waals surface area (Å²) in [5, 5.41) is 13.8. The van der Waals surface area contributed by atoms with E-state index in [9.17, 15) is 22.4 Å². The van der Waals surface area contributed by atoms with Crippen LogP contribution in [0.1, 0.15) is 39.5 Å². The Morgan fingerprint density at radius 2 is 1.96 bits per heavy atom. The molecule has 1 aromatic carbocycles. The van der Waals surface area contributed by atoms with Gasteiger partial charge in [-0.15, -0.1) is 0 Å². The maximum absolute atomic E-state index is 13.9. The second-order valence-corrected chi connectivity index (χ2v) is 8.58. The monoisotopic (exact) mass is 387 g/mol. The lowest BCUT2D eigenvalue weighted by molar-refractivity contribution is -0.137. The number of amides is 2. The summed E-state index contributed by atoms with van der Waals surface area (Å²) in [6.45, 7) is 3.32. The van der Waals surface area contributed by atoms with E-state index in [-0.39, 0.29) is 24.6 Å². The van der Waals surface area contributed by atoms with Crippen LogP contribution in [0.5, 0.6) is 0 Å². The number of nitrogens with one attached hydrogen (secondary N) is 3. The van der Waals surface area contributed by atoms with E-state index in [0.29, 0.717) is 12.8 Å². The molecule has 1 aliphatic rings. The number of carbonyl (C=O) groups excluding carboxylic acids is 1. The molecule has 0 atom stereocenters. The quantitative estimate of drug-likeness (QED) is 0.543. The number of rotatable bonds is 8. The van der Waals surface area contributed by atoms with Crippen molar-refractivity contribution >= 4 is 27.7 Å². The first-order valence-electron chi connectivity index (χ1n) is 8.11. The molecule has 26 heavy (non-hydrogen) atoms. The predicted octanol–water partition coefficient (Wildman–Crippen LogP) is 2.03. The molecule has 1 saturated carbocycles. The number of benzene rings is 1. The summed E-state index contributed by atoms with van der Waals surface area (Å²) >= 11 is 0. The third-order valence-corrected chi connectivity index (χ3v) is 5.33. The highest BCUT2D eigenvalue weighted by molar-refractivity contribution is 7.89. The van der Waals surface area contributed by atoms with Gasteiger partial charge in [-0.25, -0.2) is 22.3 Å². The molecular weight excluding hydrogens is 365 g/mol. The van der Waals surface area contributed by atoms with Gasteiger partial charge >= 0.3 is 12.0 Å². The van der Waals surface area contributed by atoms with E-state index >= 15 is 0 Å². The minimum absolute atomic E-state index is 0.106. The zero-order valence-electron chi connectivity index (χ0n) is 14.5. The smallest absolute Gasteiger partial charge is 0.319 e. The average molecular weight is 387 g/mol. The summed E-state index contributed by atoms with van der Waals surface area (Å²) in [4.78, 5) is 22.2. The Kier molecular flexibility index (Phi) is 5.87. The molecule has 0 spiro atoms. The highest BCUT2D eigenvalue weighted by Crippen LogP contribution is 2.25. The van der Waals surface area contributed by atoms with Crippen molar-refractivity contribution in [3.8, 4) is 0 Å². The lowest BCUT2D eigenvalue weighted by Gasteiger charge is -2.25. The summed E-state index contributed by atoms with van der Waals surface area (Å²) in [7, 11) is -4.00. The summed E-state index contributed by atoms with van der Waals surface area (Å²) in [6.07, 6.45) is 1.53. The molecule has 8 nitrogen and oxygen atoms in total. The molecule has 1 fully saturated rings. The zero-order valence-corrected chi connectivity index (χ0v) is 15.3. The Morgan fingerprint density at radius 3 is 2.54 bits per heavy atom. The summed E-state index contributed by atoms with van der Waals surface area (Å²) in [5.74, 6) is -1.89. The van der Waals surface area contributed by atoms with Crippen molar-refractivity contribution < 1.29 is 27.5 Å². The number of hydrogen-bond donors (Lipinski definition) is 4. The predicted molar refractivity (Wildman–Crippen MR) is 92.8 cm³/mol. The highest BCUT2D eigenvalue weighted by Gasteiger charge is 2.30. The van der Waals surface area contributed by atoms with Crippen LogP contribution in [0, 0.1) is 5.82 Å². The standard InChI is InChI=1S/C16H22FN3O5S/c1-16(2,8-7-14(21)22)19-15(23)18-11-5-6-12(17)13(9-11)26(24,25)20-10-3-4-10/h5-6,9-10,20H,3-4,7-8H2,1-2H3,(H,21,22)(H2,18,19,23). The van der Waals surface area contributed by atoms with Crippen molar-refractivity contribution in [3.05, 3.63) is 24.0 Å². The van der Waals surface area contributed by atoms with Gasteiger partial charge in [-0.2, -0.15) is 0 Å². The van der Waals surface area contributed by atoms with Crippen molar-refractivity contribution in [3.63, 3.8) is 0 Å². The third kappa shape index (κ3) is 5.95. The van der Waals surface area contributed by atoms with Crippen molar-refractivity contribution in [2.45, 2.75) is 56.0 Å². The molecule has 0 bridgehead atoms. The Balaban J connectivity index is 2.06. The number of halogens is 1. The fraction of sp³-hybridized carbons (Fsp3) is 0.500. The second-order valence-electron chi connectivity index (χ2n) is 6.90. The number of urea groups is 1. The van der Waals surface area contributed by atoms with Crippen LogP contribution >= 0.6 is 0 Å². The number of hydrogen-bond acceptors (Lipinski definition) is 4. The van der Waals surface area contributed by atoms with Crippen molar-refractivity contribution in [2.24, 2.45) is 0 Å². The average Bonchev–Trinajstić information content (AvgIpc) is 3.30. The van der Waals surface area contributed by atoms with E-state index < -0.39 is 38.3 Å². The van der Waals surface area contributed by atoms with E-state index in [1.54, 1.807) is 13.8 Å². The van der Waals surface area contributed by atoms with Gasteiger partial charge in [-0.05, 0) is 51.3 Å². The maximum Gasteiger partial charge on any atom is 0.319 e. The van der Waals surface area contributed by atoms with Gasteiger partial charge in [0.05, 0.1) is 0 Å². The van der Waals surface area contributed by atoms with Crippen LogP contribution in [0.3, 0.4) is 0 Å². The fourth-order valence-electron chi connectivity index (χ4n) is 2.22. The highest BCUT2D eigenvalue weighted by atomic mass is 32.2. The molecule has 0 aromatic heterocycles. The van der Waals surface area contributed by atoms with E-state index in [0.717, 1.165) is 12.1 Å². The molecule has 1 aromatic rings. The summed E-state index contributed by atoms with van der Waals surface area (Å²) < 4.78 is 40.7. The Morgan fingerprint density at radius 1 is 1.31 bits per heavy atom. The number of carboxylic acids is 1. The number of anilines is 1. The molecule has 0 radical (unpaired) electrons. The minimum Gasteiger partial charge on any atom is -0.481 e. The molecule has 0 heterocycles. The summed E-state index contributed by atoms with van der Waals surface area (Å²) in [5.41, 5.74) is -0.681. The van der Waals surface area contributed by atoms with Gasteiger partial charge in [-0.1, -0.05) is 0 Å². The number of sulfonamides is 1. The number of aliphatic carboxylic acids is 1. The third-order valence-electron chi connectivity index (χ3n) is 3.79. The fourth-order valence-corrected chi connectivity index (χ4v) is 3.63. The maximum atomic E-state index is 13.9. The van der Waals surface area contributed by atoms with Crippen LogP contribution in [0.2, 0.25) is 0 Å². The molecule has 0 unspecified atom stereocenters. The minimum atomic E-state index is -4.00. The van der Waals surface area contributed by atoms with E-state index in [2.05, 4.69) is 15.4 Å².